The maximum absolute atomic E-state index is 11.6. The van der Waals surface area contributed by atoms with E-state index >= 15 is 0 Å². The second-order valence-corrected chi connectivity index (χ2v) is 3.63. The van der Waals surface area contributed by atoms with Crippen molar-refractivity contribution in [1.29, 1.82) is 0 Å². The van der Waals surface area contributed by atoms with Gasteiger partial charge in [0.15, 0.2) is 0 Å². The van der Waals surface area contributed by atoms with Gasteiger partial charge in [-0.05, 0) is 14.0 Å². The van der Waals surface area contributed by atoms with Crippen LogP contribution in [-0.2, 0) is 9.53 Å². The Hall–Kier alpha value is -0.650. The Morgan fingerprint density at radius 2 is 2.36 bits per heavy atom. The third-order valence-electron chi connectivity index (χ3n) is 2.36. The molecule has 0 saturated carbocycles. The fourth-order valence-electron chi connectivity index (χ4n) is 1.48. The van der Waals surface area contributed by atoms with E-state index in [1.165, 1.54) is 0 Å². The van der Waals surface area contributed by atoms with Gasteiger partial charge in [0.25, 0.3) is 0 Å². The molecule has 0 aliphatic carbocycles. The maximum atomic E-state index is 11.6. The summed E-state index contributed by atoms with van der Waals surface area (Å²) in [5.41, 5.74) is 0. The van der Waals surface area contributed by atoms with Gasteiger partial charge in [-0.2, -0.15) is 0 Å². The highest BCUT2D eigenvalue weighted by Crippen LogP contribution is 2.13. The van der Waals surface area contributed by atoms with E-state index in [1.54, 1.807) is 6.92 Å². The van der Waals surface area contributed by atoms with E-state index in [0.717, 1.165) is 0 Å². The lowest BCUT2D eigenvalue weighted by Gasteiger charge is -2.16. The van der Waals surface area contributed by atoms with Crippen molar-refractivity contribution in [2.45, 2.75) is 19.1 Å². The summed E-state index contributed by atoms with van der Waals surface area (Å²) in [6.07, 6.45) is -0.505. The van der Waals surface area contributed by atoms with Crippen LogP contribution in [0.1, 0.15) is 6.92 Å². The number of amides is 1. The lowest BCUT2D eigenvalue weighted by molar-refractivity contribution is -0.125. The van der Waals surface area contributed by atoms with Gasteiger partial charge in [0.1, 0.15) is 0 Å². The predicted octanol–water partition coefficient (Wildman–Crippen LogP) is -1.28. The average molecular weight is 202 g/mol. The number of aliphatic hydroxyl groups excluding tert-OH is 1. The van der Waals surface area contributed by atoms with Gasteiger partial charge in [-0.15, -0.1) is 0 Å². The number of carbonyl (C=O) groups is 1. The Morgan fingerprint density at radius 3 is 2.93 bits per heavy atom. The van der Waals surface area contributed by atoms with Gasteiger partial charge in [-0.1, -0.05) is 0 Å². The van der Waals surface area contributed by atoms with E-state index in [4.69, 9.17) is 9.84 Å². The fourth-order valence-corrected chi connectivity index (χ4v) is 1.48. The molecule has 5 nitrogen and oxygen atoms in total. The first-order chi connectivity index (χ1) is 6.65. The van der Waals surface area contributed by atoms with E-state index < -0.39 is 6.10 Å². The summed E-state index contributed by atoms with van der Waals surface area (Å²) in [7, 11) is 1.81. The molecule has 1 fully saturated rings. The molecule has 1 aliphatic heterocycles. The number of rotatable bonds is 4. The molecule has 0 radical (unpaired) electrons. The molecule has 1 heterocycles. The summed E-state index contributed by atoms with van der Waals surface area (Å²) < 4.78 is 5.20. The summed E-state index contributed by atoms with van der Waals surface area (Å²) in [5, 5.41) is 14.7. The molecule has 1 rings (SSSR count). The number of likely N-dealkylation sites (N-methyl/N-ethyl adjacent to an activating group) is 1. The Kier molecular flexibility index (Phi) is 4.31. The summed E-state index contributed by atoms with van der Waals surface area (Å²) in [6.45, 7) is 2.97. The third kappa shape index (κ3) is 2.94. The first-order valence-corrected chi connectivity index (χ1v) is 4.86. The topological polar surface area (TPSA) is 70.6 Å². The Balaban J connectivity index is 2.35. The fraction of sp³-hybridized carbons (Fsp3) is 0.889. The van der Waals surface area contributed by atoms with Gasteiger partial charge in [-0.3, -0.25) is 4.79 Å². The van der Waals surface area contributed by atoms with E-state index in [-0.39, 0.29) is 17.9 Å². The molecule has 0 spiro atoms. The zero-order valence-electron chi connectivity index (χ0n) is 8.62. The minimum absolute atomic E-state index is 0.0530. The number of hydrogen-bond acceptors (Lipinski definition) is 4. The molecule has 3 atom stereocenters. The van der Waals surface area contributed by atoms with Gasteiger partial charge in [0.05, 0.1) is 25.2 Å². The minimum atomic E-state index is -0.505. The number of hydrogen-bond donors (Lipinski definition) is 3. The van der Waals surface area contributed by atoms with E-state index in [0.29, 0.717) is 19.8 Å². The van der Waals surface area contributed by atoms with Crippen LogP contribution in [0.3, 0.4) is 0 Å². The van der Waals surface area contributed by atoms with Crippen molar-refractivity contribution in [2.75, 3.05) is 26.8 Å². The molecule has 0 aromatic heterocycles. The van der Waals surface area contributed by atoms with Crippen molar-refractivity contribution in [1.82, 2.24) is 10.6 Å². The van der Waals surface area contributed by atoms with Crippen LogP contribution in [0.15, 0.2) is 0 Å². The Bertz CT molecular complexity index is 196. The van der Waals surface area contributed by atoms with Crippen LogP contribution >= 0.6 is 0 Å². The van der Waals surface area contributed by atoms with Crippen molar-refractivity contribution in [3.63, 3.8) is 0 Å². The molecule has 3 N–H and O–H groups in total. The lowest BCUT2D eigenvalue weighted by atomic mass is 10.0. The summed E-state index contributed by atoms with van der Waals surface area (Å²) in [6, 6.07) is 0.0870. The standard InChI is InChI=1S/C9H18N2O3/c1-6(12)3-11-9(13)7-4-14-5-8(7)10-2/h6-8,10,12H,3-5H2,1-2H3,(H,11,13)/t6-,7?,8?/m1/s1. The van der Waals surface area contributed by atoms with Gasteiger partial charge in [0.2, 0.25) is 5.91 Å². The van der Waals surface area contributed by atoms with Crippen LogP contribution in [-0.4, -0.2) is 50.0 Å². The van der Waals surface area contributed by atoms with Crippen LogP contribution in [0.4, 0.5) is 0 Å². The molecule has 1 saturated heterocycles. The monoisotopic (exact) mass is 202 g/mol. The third-order valence-corrected chi connectivity index (χ3v) is 2.36. The molecule has 0 bridgehead atoms. The highest BCUT2D eigenvalue weighted by molar-refractivity contribution is 5.79. The average Bonchev–Trinajstić information content (AvgIpc) is 2.61. The number of aliphatic hydroxyl groups is 1. The van der Waals surface area contributed by atoms with Crippen LogP contribution in [0, 0.1) is 5.92 Å². The van der Waals surface area contributed by atoms with Gasteiger partial charge < -0.3 is 20.5 Å². The summed E-state index contributed by atoms with van der Waals surface area (Å²) >= 11 is 0. The molecular weight excluding hydrogens is 184 g/mol. The smallest absolute Gasteiger partial charge is 0.227 e. The van der Waals surface area contributed by atoms with Crippen LogP contribution in [0.5, 0.6) is 0 Å². The maximum Gasteiger partial charge on any atom is 0.227 e. The second-order valence-electron chi connectivity index (χ2n) is 3.63. The molecule has 0 aromatic rings. The van der Waals surface area contributed by atoms with Crippen molar-refractivity contribution in [3.05, 3.63) is 0 Å². The zero-order valence-corrected chi connectivity index (χ0v) is 8.62. The molecule has 14 heavy (non-hydrogen) atoms. The van der Waals surface area contributed by atoms with Crippen LogP contribution in [0.25, 0.3) is 0 Å². The van der Waals surface area contributed by atoms with Crippen LogP contribution < -0.4 is 10.6 Å². The Morgan fingerprint density at radius 1 is 1.64 bits per heavy atom. The number of ether oxygens (including phenoxy) is 1. The molecule has 82 valence electrons. The molecule has 5 heteroatoms. The minimum Gasteiger partial charge on any atom is -0.392 e. The molecule has 1 aliphatic rings. The van der Waals surface area contributed by atoms with Crippen molar-refractivity contribution in [3.8, 4) is 0 Å². The first kappa shape index (κ1) is 11.4. The first-order valence-electron chi connectivity index (χ1n) is 4.86. The van der Waals surface area contributed by atoms with Gasteiger partial charge in [-0.25, -0.2) is 0 Å². The number of nitrogens with one attached hydrogen (secondary N) is 2. The van der Waals surface area contributed by atoms with E-state index in [9.17, 15) is 4.79 Å². The SMILES string of the molecule is CNC1COCC1C(=O)NC[C@@H](C)O. The Labute approximate surface area is 83.8 Å². The predicted molar refractivity (Wildman–Crippen MR) is 51.8 cm³/mol. The molecule has 0 aromatic carbocycles. The molecule has 2 unspecified atom stereocenters. The van der Waals surface area contributed by atoms with E-state index in [1.807, 2.05) is 7.05 Å². The van der Waals surface area contributed by atoms with Crippen molar-refractivity contribution >= 4 is 5.91 Å². The largest absolute Gasteiger partial charge is 0.392 e. The van der Waals surface area contributed by atoms with E-state index in [2.05, 4.69) is 10.6 Å². The lowest BCUT2D eigenvalue weighted by Crippen LogP contribution is -2.44. The van der Waals surface area contributed by atoms with Gasteiger partial charge >= 0.3 is 0 Å². The van der Waals surface area contributed by atoms with Crippen molar-refractivity contribution in [2.24, 2.45) is 5.92 Å². The molecule has 1 amide bonds. The quantitative estimate of drug-likeness (QED) is 0.531. The summed E-state index contributed by atoms with van der Waals surface area (Å²) in [5.74, 6) is -0.193. The molecular formula is C9H18N2O3. The van der Waals surface area contributed by atoms with Crippen LogP contribution in [0.2, 0.25) is 0 Å². The normalized spacial score (nSPS) is 28.8. The number of carbonyl (C=O) groups excluding carboxylic acids is 1. The summed E-state index contributed by atoms with van der Waals surface area (Å²) in [4.78, 5) is 11.6. The highest BCUT2D eigenvalue weighted by atomic mass is 16.5. The second kappa shape index (κ2) is 5.29. The van der Waals surface area contributed by atoms with Gasteiger partial charge in [0, 0.05) is 12.6 Å². The van der Waals surface area contributed by atoms with Crippen molar-refractivity contribution < 1.29 is 14.6 Å². The highest BCUT2D eigenvalue weighted by Gasteiger charge is 2.32. The zero-order chi connectivity index (χ0) is 10.6.